The summed E-state index contributed by atoms with van der Waals surface area (Å²) in [6.45, 7) is 13.7. The van der Waals surface area contributed by atoms with Crippen molar-refractivity contribution in [1.82, 2.24) is 0 Å². The van der Waals surface area contributed by atoms with Crippen LogP contribution in [-0.4, -0.2) is 32.4 Å². The molecular weight excluding hydrogens is 304 g/mol. The van der Waals surface area contributed by atoms with Gasteiger partial charge in [-0.05, 0) is 43.5 Å². The molecule has 3 nitrogen and oxygen atoms in total. The molecule has 4 heteroatoms. The Balaban J connectivity index is 2.54. The fourth-order valence-corrected chi connectivity index (χ4v) is 3.33. The van der Waals surface area contributed by atoms with Crippen LogP contribution in [0.4, 0.5) is 0 Å². The SMILES string of the molecule is CCOC(CC(O)CCc1ccccc1)O[Si](C)(C)C(C)(C)C. The lowest BCUT2D eigenvalue weighted by Gasteiger charge is -2.39. The molecule has 0 heterocycles. The molecule has 0 aliphatic rings. The van der Waals surface area contributed by atoms with Crippen molar-refractivity contribution in [1.29, 1.82) is 0 Å². The summed E-state index contributed by atoms with van der Waals surface area (Å²) in [6.07, 6.45) is 1.42. The van der Waals surface area contributed by atoms with Crippen LogP contribution in [0.1, 0.15) is 46.1 Å². The van der Waals surface area contributed by atoms with Crippen molar-refractivity contribution >= 4 is 8.32 Å². The summed E-state index contributed by atoms with van der Waals surface area (Å²) >= 11 is 0. The summed E-state index contributed by atoms with van der Waals surface area (Å²) < 4.78 is 12.1. The second-order valence-electron chi connectivity index (χ2n) is 7.68. The number of aryl methyl sites for hydroxylation is 1. The van der Waals surface area contributed by atoms with Crippen LogP contribution >= 0.6 is 0 Å². The van der Waals surface area contributed by atoms with Crippen LogP contribution in [-0.2, 0) is 15.6 Å². The molecule has 0 amide bonds. The van der Waals surface area contributed by atoms with E-state index < -0.39 is 14.4 Å². The third-order valence-electron chi connectivity index (χ3n) is 4.66. The fraction of sp³-hybridized carbons (Fsp3) is 0.684. The lowest BCUT2D eigenvalue weighted by atomic mass is 10.1. The molecule has 0 radical (unpaired) electrons. The number of aliphatic hydroxyl groups is 1. The zero-order valence-corrected chi connectivity index (χ0v) is 16.6. The van der Waals surface area contributed by atoms with Gasteiger partial charge in [-0.25, -0.2) is 0 Å². The minimum absolute atomic E-state index is 0.136. The lowest BCUT2D eigenvalue weighted by Crippen LogP contribution is -2.45. The Kier molecular flexibility index (Phi) is 7.94. The highest BCUT2D eigenvalue weighted by Crippen LogP contribution is 2.37. The summed E-state index contributed by atoms with van der Waals surface area (Å²) in [5.41, 5.74) is 1.25. The average Bonchev–Trinajstić information content (AvgIpc) is 2.45. The van der Waals surface area contributed by atoms with Crippen LogP contribution in [0.25, 0.3) is 0 Å². The van der Waals surface area contributed by atoms with Gasteiger partial charge in [0.2, 0.25) is 0 Å². The number of aliphatic hydroxyl groups excluding tert-OH is 1. The first kappa shape index (κ1) is 20.4. The smallest absolute Gasteiger partial charge is 0.195 e. The van der Waals surface area contributed by atoms with Gasteiger partial charge in [0.1, 0.15) is 6.29 Å². The van der Waals surface area contributed by atoms with Gasteiger partial charge in [-0.3, -0.25) is 0 Å². The topological polar surface area (TPSA) is 38.7 Å². The zero-order valence-electron chi connectivity index (χ0n) is 15.6. The van der Waals surface area contributed by atoms with Crippen LogP contribution in [0.3, 0.4) is 0 Å². The minimum atomic E-state index is -1.90. The van der Waals surface area contributed by atoms with E-state index in [2.05, 4.69) is 46.0 Å². The normalized spacial score (nSPS) is 15.4. The number of rotatable bonds is 9. The van der Waals surface area contributed by atoms with E-state index in [-0.39, 0.29) is 11.3 Å². The van der Waals surface area contributed by atoms with Crippen molar-refractivity contribution < 1.29 is 14.3 Å². The Morgan fingerprint density at radius 2 is 1.74 bits per heavy atom. The Morgan fingerprint density at radius 1 is 1.13 bits per heavy atom. The summed E-state index contributed by atoms with van der Waals surface area (Å²) in [7, 11) is -1.90. The van der Waals surface area contributed by atoms with Crippen molar-refractivity contribution in [2.75, 3.05) is 6.61 Å². The van der Waals surface area contributed by atoms with Gasteiger partial charge in [-0.2, -0.15) is 0 Å². The molecule has 1 rings (SSSR count). The van der Waals surface area contributed by atoms with Crippen molar-refractivity contribution in [2.24, 2.45) is 0 Å². The highest BCUT2D eigenvalue weighted by atomic mass is 28.4. The van der Waals surface area contributed by atoms with E-state index in [9.17, 15) is 5.11 Å². The van der Waals surface area contributed by atoms with E-state index in [1.54, 1.807) is 0 Å². The molecule has 0 aliphatic heterocycles. The first-order valence-corrected chi connectivity index (χ1v) is 11.6. The zero-order chi connectivity index (χ0) is 17.5. The molecule has 1 aromatic rings. The molecule has 132 valence electrons. The van der Waals surface area contributed by atoms with Crippen LogP contribution in [0.15, 0.2) is 30.3 Å². The monoisotopic (exact) mass is 338 g/mol. The highest BCUT2D eigenvalue weighted by Gasteiger charge is 2.39. The first-order valence-electron chi connectivity index (χ1n) is 8.67. The molecule has 0 bridgehead atoms. The lowest BCUT2D eigenvalue weighted by molar-refractivity contribution is -0.106. The fourth-order valence-electron chi connectivity index (χ4n) is 2.16. The number of benzene rings is 1. The maximum Gasteiger partial charge on any atom is 0.195 e. The van der Waals surface area contributed by atoms with Crippen LogP contribution < -0.4 is 0 Å². The van der Waals surface area contributed by atoms with Gasteiger partial charge in [0.05, 0.1) is 6.10 Å². The summed E-state index contributed by atoms with van der Waals surface area (Å²) in [6, 6.07) is 10.3. The maximum absolute atomic E-state index is 10.4. The van der Waals surface area contributed by atoms with Gasteiger partial charge < -0.3 is 14.3 Å². The van der Waals surface area contributed by atoms with Crippen LogP contribution in [0, 0.1) is 0 Å². The number of hydrogen-bond acceptors (Lipinski definition) is 3. The predicted molar refractivity (Wildman–Crippen MR) is 99.1 cm³/mol. The van der Waals surface area contributed by atoms with E-state index in [0.717, 1.165) is 12.8 Å². The summed E-state index contributed by atoms with van der Waals surface area (Å²) in [5, 5.41) is 10.5. The summed E-state index contributed by atoms with van der Waals surface area (Å²) in [5.74, 6) is 0. The Labute approximate surface area is 143 Å². The third-order valence-corrected chi connectivity index (χ3v) is 9.12. The predicted octanol–water partition coefficient (Wildman–Crippen LogP) is 4.75. The molecule has 1 N–H and O–H groups in total. The largest absolute Gasteiger partial charge is 0.393 e. The van der Waals surface area contributed by atoms with Gasteiger partial charge in [0.15, 0.2) is 8.32 Å². The van der Waals surface area contributed by atoms with Crippen molar-refractivity contribution in [3.63, 3.8) is 0 Å². The molecule has 0 aliphatic carbocycles. The molecule has 2 atom stereocenters. The van der Waals surface area contributed by atoms with Gasteiger partial charge in [-0.15, -0.1) is 0 Å². The molecule has 2 unspecified atom stereocenters. The number of hydrogen-bond donors (Lipinski definition) is 1. The first-order chi connectivity index (χ1) is 10.7. The molecule has 0 aromatic heterocycles. The van der Waals surface area contributed by atoms with Gasteiger partial charge in [0.25, 0.3) is 0 Å². The Bertz CT molecular complexity index is 440. The average molecular weight is 339 g/mol. The molecular formula is C19H34O3Si. The molecule has 0 fully saturated rings. The number of ether oxygens (including phenoxy) is 1. The molecule has 0 saturated carbocycles. The Morgan fingerprint density at radius 3 is 2.26 bits per heavy atom. The maximum atomic E-state index is 10.4. The highest BCUT2D eigenvalue weighted by molar-refractivity contribution is 6.74. The van der Waals surface area contributed by atoms with Crippen molar-refractivity contribution in [3.8, 4) is 0 Å². The van der Waals surface area contributed by atoms with E-state index in [1.807, 2.05) is 25.1 Å². The van der Waals surface area contributed by atoms with E-state index >= 15 is 0 Å². The summed E-state index contributed by atoms with van der Waals surface area (Å²) in [4.78, 5) is 0. The minimum Gasteiger partial charge on any atom is -0.393 e. The third kappa shape index (κ3) is 7.17. The van der Waals surface area contributed by atoms with E-state index in [4.69, 9.17) is 9.16 Å². The molecule has 23 heavy (non-hydrogen) atoms. The second kappa shape index (κ2) is 8.97. The van der Waals surface area contributed by atoms with E-state index in [0.29, 0.717) is 13.0 Å². The standard InChI is InChI=1S/C19H34O3Si/c1-7-21-18(22-23(5,6)19(2,3)4)15-17(20)14-13-16-11-9-8-10-12-16/h8-12,17-18,20H,7,13-15H2,1-6H3. The van der Waals surface area contributed by atoms with Gasteiger partial charge >= 0.3 is 0 Å². The Hall–Kier alpha value is -0.683. The van der Waals surface area contributed by atoms with E-state index in [1.165, 1.54) is 5.56 Å². The quantitative estimate of drug-likeness (QED) is 0.521. The molecule has 0 saturated heterocycles. The van der Waals surface area contributed by atoms with Gasteiger partial charge in [-0.1, -0.05) is 51.1 Å². The van der Waals surface area contributed by atoms with Crippen LogP contribution in [0.2, 0.25) is 18.1 Å². The van der Waals surface area contributed by atoms with Crippen LogP contribution in [0.5, 0.6) is 0 Å². The van der Waals surface area contributed by atoms with Gasteiger partial charge in [0, 0.05) is 13.0 Å². The van der Waals surface area contributed by atoms with Crippen molar-refractivity contribution in [3.05, 3.63) is 35.9 Å². The second-order valence-corrected chi connectivity index (χ2v) is 12.4. The van der Waals surface area contributed by atoms with Crippen molar-refractivity contribution in [2.45, 2.75) is 77.5 Å². The molecule has 0 spiro atoms. The molecule has 1 aromatic carbocycles.